The zero-order chi connectivity index (χ0) is 17.3. The van der Waals surface area contributed by atoms with Crippen molar-refractivity contribution in [1.29, 1.82) is 0 Å². The van der Waals surface area contributed by atoms with Crippen LogP contribution in [0.1, 0.15) is 43.0 Å². The number of hydrogen-bond donors (Lipinski definition) is 0. The number of aryl methyl sites for hydroxylation is 4. The predicted molar refractivity (Wildman–Crippen MR) is 89.0 cm³/mol. The maximum Gasteiger partial charge on any atom is 0.248 e. The Bertz CT molecular complexity index is 790. The molecule has 24 heavy (non-hydrogen) atoms. The highest BCUT2D eigenvalue weighted by molar-refractivity contribution is 7.89. The number of hydrogen-bond acceptors (Lipinski definition) is 5. The molecule has 0 radical (unpaired) electrons. The highest BCUT2D eigenvalue weighted by Crippen LogP contribution is 2.30. The van der Waals surface area contributed by atoms with Gasteiger partial charge in [0.05, 0.1) is 0 Å². The van der Waals surface area contributed by atoms with E-state index in [1.54, 1.807) is 24.3 Å². The van der Waals surface area contributed by atoms with Crippen molar-refractivity contribution in [2.75, 3.05) is 6.54 Å². The Labute approximate surface area is 142 Å². The van der Waals surface area contributed by atoms with Gasteiger partial charge in [-0.1, -0.05) is 11.6 Å². The maximum absolute atomic E-state index is 13.1. The standard InChI is InChI=1S/C16H24N4O3S/c1-12-16(13(2)23-18-12)24(21,22)20-10-5-4-6-14(20)7-8-15-17-9-11-19(15)3/h9,11,14H,4-8,10H2,1-3H3/t14-/m1/s1. The Balaban J connectivity index is 1.83. The van der Waals surface area contributed by atoms with Gasteiger partial charge in [0.2, 0.25) is 10.0 Å². The van der Waals surface area contributed by atoms with E-state index in [-0.39, 0.29) is 10.9 Å². The fourth-order valence-corrected chi connectivity index (χ4v) is 5.49. The summed E-state index contributed by atoms with van der Waals surface area (Å²) in [6, 6.07) is -0.00542. The molecule has 132 valence electrons. The largest absolute Gasteiger partial charge is 0.360 e. The molecule has 1 aliphatic rings. The Kier molecular flexibility index (Phi) is 4.78. The number of imidazole rings is 1. The summed E-state index contributed by atoms with van der Waals surface area (Å²) < 4.78 is 35.0. The minimum atomic E-state index is -3.58. The molecule has 0 spiro atoms. The van der Waals surface area contributed by atoms with Crippen molar-refractivity contribution < 1.29 is 12.9 Å². The molecule has 1 saturated heterocycles. The van der Waals surface area contributed by atoms with Crippen molar-refractivity contribution in [3.63, 3.8) is 0 Å². The van der Waals surface area contributed by atoms with Crippen LogP contribution in [-0.2, 0) is 23.5 Å². The lowest BCUT2D eigenvalue weighted by atomic mass is 10.0. The molecule has 2 aromatic heterocycles. The van der Waals surface area contributed by atoms with Gasteiger partial charge in [-0.05, 0) is 33.1 Å². The second-order valence-corrected chi connectivity index (χ2v) is 8.24. The summed E-state index contributed by atoms with van der Waals surface area (Å²) in [5, 5.41) is 3.81. The molecule has 3 rings (SSSR count). The Morgan fingerprint density at radius 1 is 1.33 bits per heavy atom. The van der Waals surface area contributed by atoms with Gasteiger partial charge in [-0.2, -0.15) is 4.31 Å². The summed E-state index contributed by atoms with van der Waals surface area (Å²) in [5.74, 6) is 1.34. The summed E-state index contributed by atoms with van der Waals surface area (Å²) in [5.41, 5.74) is 0.431. The molecule has 0 aromatic carbocycles. The van der Waals surface area contributed by atoms with Crippen LogP contribution in [0.5, 0.6) is 0 Å². The summed E-state index contributed by atoms with van der Waals surface area (Å²) in [4.78, 5) is 4.56. The van der Waals surface area contributed by atoms with E-state index >= 15 is 0 Å². The van der Waals surface area contributed by atoms with Crippen LogP contribution < -0.4 is 0 Å². The van der Waals surface area contributed by atoms with Crippen LogP contribution in [0, 0.1) is 13.8 Å². The first kappa shape index (κ1) is 17.2. The van der Waals surface area contributed by atoms with Crippen LogP contribution in [-0.4, -0.2) is 40.0 Å². The predicted octanol–water partition coefficient (Wildman–Crippen LogP) is 2.20. The quantitative estimate of drug-likeness (QED) is 0.824. The first-order chi connectivity index (χ1) is 11.4. The third-order valence-corrected chi connectivity index (χ3v) is 6.93. The molecule has 0 saturated carbocycles. The van der Waals surface area contributed by atoms with Crippen LogP contribution >= 0.6 is 0 Å². The van der Waals surface area contributed by atoms with Crippen LogP contribution in [0.15, 0.2) is 21.8 Å². The number of sulfonamides is 1. The van der Waals surface area contributed by atoms with Gasteiger partial charge in [0, 0.05) is 38.4 Å². The first-order valence-corrected chi connectivity index (χ1v) is 9.76. The molecule has 0 aliphatic carbocycles. The number of piperidine rings is 1. The van der Waals surface area contributed by atoms with E-state index in [9.17, 15) is 8.42 Å². The molecule has 0 N–H and O–H groups in total. The van der Waals surface area contributed by atoms with Crippen molar-refractivity contribution in [3.8, 4) is 0 Å². The summed E-state index contributed by atoms with van der Waals surface area (Å²) in [7, 11) is -1.62. The van der Waals surface area contributed by atoms with Gasteiger partial charge in [-0.25, -0.2) is 13.4 Å². The van der Waals surface area contributed by atoms with Crippen LogP contribution in [0.25, 0.3) is 0 Å². The lowest BCUT2D eigenvalue weighted by molar-refractivity contribution is 0.239. The van der Waals surface area contributed by atoms with E-state index in [2.05, 4.69) is 10.1 Å². The summed E-state index contributed by atoms with van der Waals surface area (Å²) in [6.07, 6.45) is 8.05. The van der Waals surface area contributed by atoms with Crippen molar-refractivity contribution in [2.45, 2.75) is 56.9 Å². The molecule has 0 amide bonds. The van der Waals surface area contributed by atoms with E-state index in [1.807, 2.05) is 17.8 Å². The van der Waals surface area contributed by atoms with Gasteiger partial charge in [-0.3, -0.25) is 0 Å². The highest BCUT2D eigenvalue weighted by atomic mass is 32.2. The molecule has 7 nitrogen and oxygen atoms in total. The molecular weight excluding hydrogens is 328 g/mol. The lowest BCUT2D eigenvalue weighted by Gasteiger charge is -2.34. The molecule has 2 aromatic rings. The van der Waals surface area contributed by atoms with Crippen LogP contribution in [0.2, 0.25) is 0 Å². The molecule has 0 bridgehead atoms. The average Bonchev–Trinajstić information content (AvgIpc) is 3.11. The number of nitrogens with zero attached hydrogens (tertiary/aromatic N) is 4. The zero-order valence-electron chi connectivity index (χ0n) is 14.4. The minimum Gasteiger partial charge on any atom is -0.360 e. The van der Waals surface area contributed by atoms with E-state index in [1.165, 1.54) is 0 Å². The highest BCUT2D eigenvalue weighted by Gasteiger charge is 2.36. The third kappa shape index (κ3) is 3.12. The molecular formula is C16H24N4O3S. The molecule has 8 heteroatoms. The third-order valence-electron chi connectivity index (χ3n) is 4.73. The van der Waals surface area contributed by atoms with Gasteiger partial charge < -0.3 is 9.09 Å². The van der Waals surface area contributed by atoms with Crippen LogP contribution in [0.4, 0.5) is 0 Å². The normalized spacial score (nSPS) is 19.7. The average molecular weight is 352 g/mol. The minimum absolute atomic E-state index is 0.00542. The molecule has 1 aliphatic heterocycles. The Morgan fingerprint density at radius 2 is 2.12 bits per heavy atom. The van der Waals surface area contributed by atoms with Crippen molar-refractivity contribution in [2.24, 2.45) is 7.05 Å². The smallest absolute Gasteiger partial charge is 0.248 e. The van der Waals surface area contributed by atoms with E-state index in [0.29, 0.717) is 18.0 Å². The number of rotatable bonds is 5. The van der Waals surface area contributed by atoms with Gasteiger partial charge in [0.1, 0.15) is 16.4 Å². The molecule has 1 atom stereocenters. The Hall–Kier alpha value is -1.67. The maximum atomic E-state index is 13.1. The monoisotopic (exact) mass is 352 g/mol. The van der Waals surface area contributed by atoms with Crippen molar-refractivity contribution in [1.82, 2.24) is 19.0 Å². The van der Waals surface area contributed by atoms with Gasteiger partial charge in [0.25, 0.3) is 0 Å². The second-order valence-electron chi connectivity index (χ2n) is 6.41. The van der Waals surface area contributed by atoms with Crippen LogP contribution in [0.3, 0.4) is 0 Å². The van der Waals surface area contributed by atoms with Crippen molar-refractivity contribution in [3.05, 3.63) is 29.7 Å². The van der Waals surface area contributed by atoms with Gasteiger partial charge >= 0.3 is 0 Å². The van der Waals surface area contributed by atoms with E-state index in [0.717, 1.165) is 37.9 Å². The topological polar surface area (TPSA) is 81.2 Å². The summed E-state index contributed by atoms with van der Waals surface area (Å²) >= 11 is 0. The fourth-order valence-electron chi connectivity index (χ4n) is 3.47. The van der Waals surface area contributed by atoms with Crippen molar-refractivity contribution >= 4 is 10.0 Å². The molecule has 3 heterocycles. The van der Waals surface area contributed by atoms with Gasteiger partial charge in [0.15, 0.2) is 5.76 Å². The molecule has 1 fully saturated rings. The first-order valence-electron chi connectivity index (χ1n) is 8.32. The summed E-state index contributed by atoms with van der Waals surface area (Å²) in [6.45, 7) is 3.88. The Morgan fingerprint density at radius 3 is 2.75 bits per heavy atom. The lowest BCUT2D eigenvalue weighted by Crippen LogP contribution is -2.44. The SMILES string of the molecule is Cc1noc(C)c1S(=O)(=O)N1CCCC[C@@H]1CCc1nccn1C. The fraction of sp³-hybridized carbons (Fsp3) is 0.625. The van der Waals surface area contributed by atoms with E-state index < -0.39 is 10.0 Å². The number of aromatic nitrogens is 3. The zero-order valence-corrected chi connectivity index (χ0v) is 15.2. The van der Waals surface area contributed by atoms with Gasteiger partial charge in [-0.15, -0.1) is 0 Å². The van der Waals surface area contributed by atoms with E-state index in [4.69, 9.17) is 4.52 Å². The molecule has 0 unspecified atom stereocenters. The second kappa shape index (κ2) is 6.68.